The molecule has 0 saturated heterocycles. The molecule has 0 spiro atoms. The fourth-order valence-electron chi connectivity index (χ4n) is 1.64. The summed E-state index contributed by atoms with van der Waals surface area (Å²) in [4.78, 5) is 0. The SMILES string of the molecule is CC(CCOC(C)C1CC1)CCS(=O)(=O)Cl. The van der Waals surface area contributed by atoms with Crippen molar-refractivity contribution in [2.75, 3.05) is 12.4 Å². The van der Waals surface area contributed by atoms with E-state index < -0.39 is 9.05 Å². The molecule has 0 bridgehead atoms. The number of rotatable bonds is 8. The Bertz CT molecular complexity index is 298. The third-order valence-electron chi connectivity index (χ3n) is 3.13. The van der Waals surface area contributed by atoms with E-state index in [-0.39, 0.29) is 5.75 Å². The standard InChI is InChI=1S/C11H21ClO3S/c1-9(6-8-16(12,13)14)5-7-15-10(2)11-3-4-11/h9-11H,3-8H2,1-2H3. The molecule has 1 rings (SSSR count). The van der Waals surface area contributed by atoms with Crippen LogP contribution in [0.5, 0.6) is 0 Å². The molecular weight excluding hydrogens is 248 g/mol. The van der Waals surface area contributed by atoms with Crippen molar-refractivity contribution in [1.82, 2.24) is 0 Å². The van der Waals surface area contributed by atoms with Crippen LogP contribution in [-0.4, -0.2) is 26.9 Å². The third kappa shape index (κ3) is 6.71. The molecule has 3 nitrogen and oxygen atoms in total. The minimum atomic E-state index is -3.33. The van der Waals surface area contributed by atoms with Gasteiger partial charge in [0.2, 0.25) is 9.05 Å². The molecule has 0 radical (unpaired) electrons. The van der Waals surface area contributed by atoms with Gasteiger partial charge in [0.05, 0.1) is 11.9 Å². The van der Waals surface area contributed by atoms with Crippen LogP contribution in [0.4, 0.5) is 0 Å². The van der Waals surface area contributed by atoms with E-state index >= 15 is 0 Å². The maximum Gasteiger partial charge on any atom is 0.232 e. The summed E-state index contributed by atoms with van der Waals surface area (Å²) in [5, 5.41) is 0. The van der Waals surface area contributed by atoms with Crippen molar-refractivity contribution >= 4 is 19.7 Å². The lowest BCUT2D eigenvalue weighted by atomic mass is 10.1. The fourth-order valence-corrected chi connectivity index (χ4v) is 2.59. The second-order valence-electron chi connectivity index (χ2n) is 4.84. The van der Waals surface area contributed by atoms with Gasteiger partial charge in [0, 0.05) is 17.3 Å². The van der Waals surface area contributed by atoms with E-state index in [1.807, 2.05) is 6.92 Å². The van der Waals surface area contributed by atoms with Crippen molar-refractivity contribution in [3.63, 3.8) is 0 Å². The zero-order valence-corrected chi connectivity index (χ0v) is 11.6. The van der Waals surface area contributed by atoms with Crippen LogP contribution in [-0.2, 0) is 13.8 Å². The fraction of sp³-hybridized carbons (Fsp3) is 1.00. The van der Waals surface area contributed by atoms with Gasteiger partial charge in [0.25, 0.3) is 0 Å². The molecule has 2 unspecified atom stereocenters. The molecule has 1 fully saturated rings. The molecule has 0 aromatic heterocycles. The molecule has 0 N–H and O–H groups in total. The van der Waals surface area contributed by atoms with E-state index in [0.717, 1.165) is 18.9 Å². The Morgan fingerprint density at radius 1 is 1.31 bits per heavy atom. The zero-order valence-electron chi connectivity index (χ0n) is 9.99. The monoisotopic (exact) mass is 268 g/mol. The zero-order chi connectivity index (χ0) is 12.2. The summed E-state index contributed by atoms with van der Waals surface area (Å²) < 4.78 is 27.2. The second kappa shape index (κ2) is 6.22. The molecule has 0 aliphatic heterocycles. The lowest BCUT2D eigenvalue weighted by Gasteiger charge is -2.14. The van der Waals surface area contributed by atoms with Crippen LogP contribution in [0.25, 0.3) is 0 Å². The van der Waals surface area contributed by atoms with Crippen LogP contribution in [0.1, 0.15) is 39.5 Å². The van der Waals surface area contributed by atoms with Crippen molar-refractivity contribution in [3.8, 4) is 0 Å². The summed E-state index contributed by atoms with van der Waals surface area (Å²) in [6.45, 7) is 4.87. The first-order valence-electron chi connectivity index (χ1n) is 5.92. The van der Waals surface area contributed by atoms with Gasteiger partial charge in [-0.05, 0) is 44.4 Å². The highest BCUT2D eigenvalue weighted by Crippen LogP contribution is 2.34. The first-order chi connectivity index (χ1) is 7.38. The van der Waals surface area contributed by atoms with Gasteiger partial charge in [-0.2, -0.15) is 0 Å². The van der Waals surface area contributed by atoms with Gasteiger partial charge in [-0.3, -0.25) is 0 Å². The van der Waals surface area contributed by atoms with Gasteiger partial charge in [-0.1, -0.05) is 6.92 Å². The summed E-state index contributed by atoms with van der Waals surface area (Å²) in [5.41, 5.74) is 0. The maximum absolute atomic E-state index is 10.7. The number of halogens is 1. The number of hydrogen-bond donors (Lipinski definition) is 0. The van der Waals surface area contributed by atoms with Crippen molar-refractivity contribution in [3.05, 3.63) is 0 Å². The molecule has 1 aliphatic carbocycles. The van der Waals surface area contributed by atoms with Crippen molar-refractivity contribution in [2.24, 2.45) is 11.8 Å². The molecule has 0 aromatic carbocycles. The summed E-state index contributed by atoms with van der Waals surface area (Å²) in [5.74, 6) is 1.17. The Morgan fingerprint density at radius 3 is 2.44 bits per heavy atom. The van der Waals surface area contributed by atoms with E-state index in [4.69, 9.17) is 15.4 Å². The molecule has 0 aromatic rings. The van der Waals surface area contributed by atoms with E-state index in [0.29, 0.717) is 18.4 Å². The molecule has 16 heavy (non-hydrogen) atoms. The Balaban J connectivity index is 2.03. The highest BCUT2D eigenvalue weighted by atomic mass is 35.7. The molecule has 1 saturated carbocycles. The Morgan fingerprint density at radius 2 is 1.94 bits per heavy atom. The van der Waals surface area contributed by atoms with E-state index in [1.165, 1.54) is 12.8 Å². The molecule has 0 heterocycles. The van der Waals surface area contributed by atoms with Crippen LogP contribution >= 0.6 is 10.7 Å². The van der Waals surface area contributed by atoms with Gasteiger partial charge >= 0.3 is 0 Å². The quantitative estimate of drug-likeness (QED) is 0.636. The highest BCUT2D eigenvalue weighted by molar-refractivity contribution is 8.13. The van der Waals surface area contributed by atoms with E-state index in [9.17, 15) is 8.42 Å². The normalized spacial score (nSPS) is 20.7. The summed E-state index contributed by atoms with van der Waals surface area (Å²) in [6.07, 6.45) is 4.47. The molecule has 0 amide bonds. The third-order valence-corrected chi connectivity index (χ3v) is 4.32. The van der Waals surface area contributed by atoms with Crippen molar-refractivity contribution in [1.29, 1.82) is 0 Å². The van der Waals surface area contributed by atoms with Crippen LogP contribution in [0.3, 0.4) is 0 Å². The number of hydrogen-bond acceptors (Lipinski definition) is 3. The van der Waals surface area contributed by atoms with Gasteiger partial charge in [0.15, 0.2) is 0 Å². The van der Waals surface area contributed by atoms with Gasteiger partial charge in [0.1, 0.15) is 0 Å². The topological polar surface area (TPSA) is 43.4 Å². The largest absolute Gasteiger partial charge is 0.378 e. The summed E-state index contributed by atoms with van der Waals surface area (Å²) >= 11 is 0. The van der Waals surface area contributed by atoms with E-state index in [1.54, 1.807) is 0 Å². The van der Waals surface area contributed by atoms with Crippen LogP contribution in [0, 0.1) is 11.8 Å². The minimum absolute atomic E-state index is 0.0634. The molecule has 1 aliphatic rings. The predicted octanol–water partition coefficient (Wildman–Crippen LogP) is 2.79. The second-order valence-corrected chi connectivity index (χ2v) is 7.74. The first kappa shape index (κ1) is 14.3. The molecule has 96 valence electrons. The Labute approximate surface area is 103 Å². The smallest absolute Gasteiger partial charge is 0.232 e. The van der Waals surface area contributed by atoms with Crippen LogP contribution < -0.4 is 0 Å². The number of ether oxygens (including phenoxy) is 1. The lowest BCUT2D eigenvalue weighted by Crippen LogP contribution is -2.14. The van der Waals surface area contributed by atoms with Gasteiger partial charge in [-0.25, -0.2) is 8.42 Å². The summed E-state index contributed by atoms with van der Waals surface area (Å²) in [7, 11) is 1.82. The molecule has 5 heteroatoms. The van der Waals surface area contributed by atoms with Crippen LogP contribution in [0.15, 0.2) is 0 Å². The van der Waals surface area contributed by atoms with Gasteiger partial charge in [-0.15, -0.1) is 0 Å². The van der Waals surface area contributed by atoms with Crippen molar-refractivity contribution < 1.29 is 13.2 Å². The van der Waals surface area contributed by atoms with Crippen LogP contribution in [0.2, 0.25) is 0 Å². The highest BCUT2D eigenvalue weighted by Gasteiger charge is 2.28. The van der Waals surface area contributed by atoms with Crippen molar-refractivity contribution in [2.45, 2.75) is 45.6 Å². The Kier molecular flexibility index (Phi) is 5.54. The predicted molar refractivity (Wildman–Crippen MR) is 66.2 cm³/mol. The molecular formula is C11H21ClO3S. The average Bonchev–Trinajstić information content (AvgIpc) is 2.96. The minimum Gasteiger partial charge on any atom is -0.378 e. The maximum atomic E-state index is 10.7. The molecule has 2 atom stereocenters. The summed E-state index contributed by atoms with van der Waals surface area (Å²) in [6, 6.07) is 0. The van der Waals surface area contributed by atoms with Gasteiger partial charge < -0.3 is 4.74 Å². The average molecular weight is 269 g/mol. The lowest BCUT2D eigenvalue weighted by molar-refractivity contribution is 0.0435. The first-order valence-corrected chi connectivity index (χ1v) is 8.40. The Hall–Kier alpha value is 0.200. The van der Waals surface area contributed by atoms with E-state index in [2.05, 4.69) is 6.92 Å².